The summed E-state index contributed by atoms with van der Waals surface area (Å²) in [5.74, 6) is -1.11. The molecule has 0 bridgehead atoms. The summed E-state index contributed by atoms with van der Waals surface area (Å²) in [6, 6.07) is 0. The Hall–Kier alpha value is -1.57. The number of rotatable bonds is 2. The van der Waals surface area contributed by atoms with Gasteiger partial charge in [-0.05, 0) is 6.92 Å². The van der Waals surface area contributed by atoms with Gasteiger partial charge in [-0.15, -0.1) is 0 Å². The Kier molecular flexibility index (Phi) is 3.46. The van der Waals surface area contributed by atoms with E-state index in [4.69, 9.17) is 0 Å². The van der Waals surface area contributed by atoms with Gasteiger partial charge in [-0.1, -0.05) is 4.36 Å². The molecule has 1 rings (SSSR count). The van der Waals surface area contributed by atoms with Crippen molar-refractivity contribution < 1.29 is 18.1 Å². The molecule has 0 radical (unpaired) electrons. The second kappa shape index (κ2) is 4.61. The van der Waals surface area contributed by atoms with Crippen LogP contribution in [0.2, 0.25) is 0 Å². The van der Waals surface area contributed by atoms with E-state index in [1.54, 1.807) is 6.92 Å². The Bertz CT molecular complexity index is 399. The van der Waals surface area contributed by atoms with Gasteiger partial charge in [0.2, 0.25) is 17.3 Å². The number of ether oxygens (including phenoxy) is 1. The zero-order valence-electron chi connectivity index (χ0n) is 7.14. The van der Waals surface area contributed by atoms with Crippen LogP contribution in [0.15, 0.2) is 10.6 Å². The Morgan fingerprint density at radius 2 is 2.57 bits per heavy atom. The highest BCUT2D eigenvalue weighted by atomic mass is 32.1. The van der Waals surface area contributed by atoms with Crippen molar-refractivity contribution in [2.45, 2.75) is 13.5 Å². The highest BCUT2D eigenvalue weighted by molar-refractivity contribution is 7.55. The maximum atomic E-state index is 12.9. The summed E-state index contributed by atoms with van der Waals surface area (Å²) in [4.78, 5) is 10.7. The van der Waals surface area contributed by atoms with Gasteiger partial charge in [0.1, 0.15) is 0 Å². The fraction of sp³-hybridized carbons (Fsp3) is 0.333. The smallest absolute Gasteiger partial charge is 0.386 e. The Balaban J connectivity index is 2.89. The molecule has 1 aromatic rings. The predicted octanol–water partition coefficient (Wildman–Crippen LogP) is 0.938. The summed E-state index contributed by atoms with van der Waals surface area (Å²) in [5, 5.41) is 3.59. The fourth-order valence-electron chi connectivity index (χ4n) is 0.810. The molecule has 0 aromatic carbocycles. The van der Waals surface area contributed by atoms with Gasteiger partial charge in [0, 0.05) is 6.54 Å². The molecular formula is C6H6FN3O3S. The second-order valence-corrected chi connectivity index (χ2v) is 2.48. The first kappa shape index (κ1) is 10.5. The van der Waals surface area contributed by atoms with Crippen LogP contribution in [-0.4, -0.2) is 20.1 Å². The zero-order chi connectivity index (χ0) is 10.6. The molecule has 0 saturated heterocycles. The van der Waals surface area contributed by atoms with Crippen molar-refractivity contribution in [2.75, 3.05) is 0 Å². The molecule has 0 saturated carbocycles. The molecule has 0 spiro atoms. The summed E-state index contributed by atoms with van der Waals surface area (Å²) in [6.45, 7) is 2.04. The summed E-state index contributed by atoms with van der Waals surface area (Å²) < 4.78 is 31.1. The average molecular weight is 219 g/mol. The third-order valence-electron chi connectivity index (χ3n) is 1.34. The minimum atomic E-state index is -1.15. The maximum Gasteiger partial charge on any atom is 0.453 e. The lowest BCUT2D eigenvalue weighted by Gasteiger charge is -2.01. The van der Waals surface area contributed by atoms with E-state index in [1.165, 1.54) is 0 Å². The number of hydrogen-bond donors (Lipinski definition) is 0. The van der Waals surface area contributed by atoms with Crippen LogP contribution in [0.25, 0.3) is 0 Å². The van der Waals surface area contributed by atoms with Crippen LogP contribution in [0.5, 0.6) is 5.88 Å². The molecule has 1 heterocycles. The number of hydrogen-bond acceptors (Lipinski definition) is 4. The number of carbonyl (C=O) groups is 1. The van der Waals surface area contributed by atoms with Crippen molar-refractivity contribution in [2.24, 2.45) is 4.36 Å². The number of amides is 1. The number of aryl methyl sites for hydroxylation is 1. The molecule has 6 nitrogen and oxygen atoms in total. The third kappa shape index (κ3) is 2.22. The van der Waals surface area contributed by atoms with Crippen LogP contribution < -0.4 is 4.74 Å². The van der Waals surface area contributed by atoms with E-state index >= 15 is 0 Å². The van der Waals surface area contributed by atoms with Crippen LogP contribution in [0, 0.1) is 5.82 Å². The summed E-state index contributed by atoms with van der Waals surface area (Å²) in [5.41, 5.74) is 0. The quantitative estimate of drug-likeness (QED) is 0.741. The largest absolute Gasteiger partial charge is 0.453 e. The van der Waals surface area contributed by atoms with Gasteiger partial charge in [-0.25, -0.2) is 9.48 Å². The van der Waals surface area contributed by atoms with Crippen LogP contribution in [0.3, 0.4) is 0 Å². The molecular weight excluding hydrogens is 213 g/mol. The van der Waals surface area contributed by atoms with E-state index in [0.29, 0.717) is 6.54 Å². The van der Waals surface area contributed by atoms with E-state index in [9.17, 15) is 13.4 Å². The van der Waals surface area contributed by atoms with Crippen LogP contribution in [-0.2, 0) is 18.0 Å². The van der Waals surface area contributed by atoms with Crippen molar-refractivity contribution in [1.82, 2.24) is 9.78 Å². The first-order valence-corrected chi connectivity index (χ1v) is 4.32. The highest BCUT2D eigenvalue weighted by Gasteiger charge is 2.14. The number of halogens is 1. The third-order valence-corrected chi connectivity index (χ3v) is 1.57. The van der Waals surface area contributed by atoms with Gasteiger partial charge in [-0.3, -0.25) is 0 Å². The lowest BCUT2D eigenvalue weighted by molar-refractivity contribution is 0.204. The number of carbonyl (C=O) groups excluding carboxylic acids is 1. The van der Waals surface area contributed by atoms with E-state index in [1.807, 2.05) is 0 Å². The van der Waals surface area contributed by atoms with Gasteiger partial charge in [0.25, 0.3) is 5.88 Å². The molecule has 0 fully saturated rings. The molecule has 0 unspecified atom stereocenters. The van der Waals surface area contributed by atoms with Crippen molar-refractivity contribution in [3.05, 3.63) is 12.0 Å². The Labute approximate surface area is 81.9 Å². The van der Waals surface area contributed by atoms with E-state index in [2.05, 4.69) is 14.2 Å². The van der Waals surface area contributed by atoms with E-state index < -0.39 is 11.9 Å². The zero-order valence-corrected chi connectivity index (χ0v) is 7.95. The molecule has 1 amide bonds. The summed E-state index contributed by atoms with van der Waals surface area (Å²) >= 11 is -0.301. The molecule has 8 heteroatoms. The van der Waals surface area contributed by atoms with E-state index in [-0.39, 0.29) is 17.3 Å². The predicted molar refractivity (Wildman–Crippen MR) is 44.5 cm³/mol. The fourth-order valence-corrected chi connectivity index (χ4v) is 0.908. The van der Waals surface area contributed by atoms with Gasteiger partial charge in [0.15, 0.2) is 0 Å². The van der Waals surface area contributed by atoms with Crippen molar-refractivity contribution >= 4 is 17.6 Å². The Morgan fingerprint density at radius 3 is 3.14 bits per heavy atom. The van der Waals surface area contributed by atoms with Crippen molar-refractivity contribution in [3.63, 3.8) is 0 Å². The first-order valence-electron chi connectivity index (χ1n) is 3.62. The minimum absolute atomic E-state index is 0.301. The molecule has 0 aliphatic carbocycles. The monoisotopic (exact) mass is 219 g/mol. The van der Waals surface area contributed by atoms with Gasteiger partial charge in [-0.2, -0.15) is 13.7 Å². The SMILES string of the molecule is CCn1ncc(F)c1OC(=O)N=S=O. The van der Waals surface area contributed by atoms with Crippen molar-refractivity contribution in [1.29, 1.82) is 0 Å². The molecule has 0 atom stereocenters. The standard InChI is InChI=1S/C6H6FN3O3S/c1-2-10-5(4(7)3-8-10)13-6(11)9-14-12/h3H,2H2,1H3. The highest BCUT2D eigenvalue weighted by Crippen LogP contribution is 2.16. The van der Waals surface area contributed by atoms with Crippen molar-refractivity contribution in [3.8, 4) is 5.88 Å². The summed E-state index contributed by atoms with van der Waals surface area (Å²) in [6.07, 6.45) is -0.240. The maximum absolute atomic E-state index is 12.9. The lowest BCUT2D eigenvalue weighted by Crippen LogP contribution is -2.08. The van der Waals surface area contributed by atoms with Gasteiger partial charge < -0.3 is 4.74 Å². The van der Waals surface area contributed by atoms with Crippen LogP contribution in [0.4, 0.5) is 9.18 Å². The lowest BCUT2D eigenvalue weighted by atomic mass is 10.6. The number of nitrogens with zero attached hydrogens (tertiary/aromatic N) is 3. The first-order chi connectivity index (χ1) is 6.69. The minimum Gasteiger partial charge on any atom is -0.386 e. The summed E-state index contributed by atoms with van der Waals surface area (Å²) in [7, 11) is 0. The molecule has 14 heavy (non-hydrogen) atoms. The van der Waals surface area contributed by atoms with Gasteiger partial charge in [0.05, 0.1) is 6.20 Å². The number of aromatic nitrogens is 2. The van der Waals surface area contributed by atoms with E-state index in [0.717, 1.165) is 10.9 Å². The molecule has 0 N–H and O–H groups in total. The normalized spacial score (nSPS) is 9.57. The average Bonchev–Trinajstić information content (AvgIpc) is 2.48. The Morgan fingerprint density at radius 1 is 1.86 bits per heavy atom. The molecule has 76 valence electrons. The van der Waals surface area contributed by atoms with Crippen LogP contribution in [0.1, 0.15) is 6.92 Å². The molecule has 1 aromatic heterocycles. The second-order valence-electron chi connectivity index (χ2n) is 2.15. The van der Waals surface area contributed by atoms with Crippen LogP contribution >= 0.6 is 0 Å². The molecule has 0 aliphatic rings. The topological polar surface area (TPSA) is 73.6 Å². The van der Waals surface area contributed by atoms with Gasteiger partial charge >= 0.3 is 6.09 Å². The molecule has 0 aliphatic heterocycles.